The molecule has 3 rings (SSSR count). The van der Waals surface area contributed by atoms with Crippen molar-refractivity contribution in [2.24, 2.45) is 0 Å². The molecule has 0 aliphatic heterocycles. The third-order valence-electron chi connectivity index (χ3n) is 2.93. The van der Waals surface area contributed by atoms with E-state index in [1.165, 1.54) is 23.0 Å². The summed E-state index contributed by atoms with van der Waals surface area (Å²) in [7, 11) is 1.58. The molecule has 0 amide bonds. The monoisotopic (exact) mass is 288 g/mol. The fraction of sp³-hybridized carbons (Fsp3) is 0.214. The summed E-state index contributed by atoms with van der Waals surface area (Å²) in [6.45, 7) is 2.16. The van der Waals surface area contributed by atoms with Crippen LogP contribution in [0.1, 0.15) is 11.3 Å². The number of methoxy groups -OCH3 is 1. The van der Waals surface area contributed by atoms with Crippen molar-refractivity contribution in [2.45, 2.75) is 13.5 Å². The normalized spacial score (nSPS) is 11.0. The van der Waals surface area contributed by atoms with Gasteiger partial charge in [0.2, 0.25) is 5.88 Å². The van der Waals surface area contributed by atoms with Crippen LogP contribution in [-0.2, 0) is 11.3 Å². The lowest BCUT2D eigenvalue weighted by molar-refractivity contribution is 0.181. The number of nitrogens with zero attached hydrogens (tertiary/aromatic N) is 4. The summed E-state index contributed by atoms with van der Waals surface area (Å²) in [6.07, 6.45) is 1.38. The molecule has 0 aliphatic rings. The molecule has 0 radical (unpaired) electrons. The Bertz CT molecular complexity index is 788. The molecule has 6 nitrogen and oxygen atoms in total. The molecule has 0 spiro atoms. The first kappa shape index (κ1) is 13.4. The quantitative estimate of drug-likeness (QED) is 0.738. The molecule has 0 unspecified atom stereocenters. The average Bonchev–Trinajstić information content (AvgIpc) is 2.92. The second kappa shape index (κ2) is 5.45. The molecule has 0 N–H and O–H groups in total. The molecule has 0 bridgehead atoms. The highest BCUT2D eigenvalue weighted by Gasteiger charge is 2.11. The first-order chi connectivity index (χ1) is 10.2. The zero-order chi connectivity index (χ0) is 14.8. The lowest BCUT2D eigenvalue weighted by Crippen LogP contribution is -2.02. The number of benzene rings is 1. The number of hydrogen-bond acceptors (Lipinski definition) is 5. The molecule has 3 aromatic rings. The summed E-state index contributed by atoms with van der Waals surface area (Å²) in [4.78, 5) is 8.31. The number of hydrogen-bond donors (Lipinski definition) is 0. The second-order valence-electron chi connectivity index (χ2n) is 4.50. The van der Waals surface area contributed by atoms with Gasteiger partial charge in [-0.25, -0.2) is 9.37 Å². The molecule has 2 heterocycles. The van der Waals surface area contributed by atoms with Crippen LogP contribution in [-0.4, -0.2) is 26.7 Å². The van der Waals surface area contributed by atoms with Crippen LogP contribution in [0.5, 0.6) is 11.6 Å². The van der Waals surface area contributed by atoms with Gasteiger partial charge in [-0.05, 0) is 18.6 Å². The third-order valence-corrected chi connectivity index (χ3v) is 2.93. The third kappa shape index (κ3) is 2.68. The van der Waals surface area contributed by atoms with Crippen molar-refractivity contribution in [1.82, 2.24) is 19.6 Å². The number of fused-ring (bicyclic) bond motifs is 1. The van der Waals surface area contributed by atoms with Crippen molar-refractivity contribution < 1.29 is 13.9 Å². The number of aryl methyl sites for hydroxylation is 1. The van der Waals surface area contributed by atoms with Crippen molar-refractivity contribution in [3.8, 4) is 11.6 Å². The fourth-order valence-corrected chi connectivity index (χ4v) is 1.92. The van der Waals surface area contributed by atoms with Crippen molar-refractivity contribution in [3.63, 3.8) is 0 Å². The molecule has 108 valence electrons. The maximum absolute atomic E-state index is 13.4. The van der Waals surface area contributed by atoms with Gasteiger partial charge >= 0.3 is 0 Å². The van der Waals surface area contributed by atoms with Crippen molar-refractivity contribution >= 4 is 5.78 Å². The highest BCUT2D eigenvalue weighted by molar-refractivity contribution is 5.39. The zero-order valence-corrected chi connectivity index (χ0v) is 11.6. The summed E-state index contributed by atoms with van der Waals surface area (Å²) >= 11 is 0. The molecule has 0 aliphatic carbocycles. The van der Waals surface area contributed by atoms with Crippen LogP contribution in [0.15, 0.2) is 30.6 Å². The number of ether oxygens (including phenoxy) is 2. The SMILES string of the molecule is COCc1cc(Oc2cc(F)ccc2C)n2ncnc2n1. The van der Waals surface area contributed by atoms with Crippen LogP contribution in [0.2, 0.25) is 0 Å². The Labute approximate surface area is 120 Å². The molecule has 1 aromatic carbocycles. The minimum Gasteiger partial charge on any atom is -0.438 e. The minimum atomic E-state index is -0.364. The van der Waals surface area contributed by atoms with Crippen molar-refractivity contribution in [1.29, 1.82) is 0 Å². The van der Waals surface area contributed by atoms with E-state index in [-0.39, 0.29) is 5.82 Å². The Morgan fingerprint density at radius 3 is 2.95 bits per heavy atom. The van der Waals surface area contributed by atoms with Gasteiger partial charge in [-0.3, -0.25) is 0 Å². The molecule has 7 heteroatoms. The van der Waals surface area contributed by atoms with Crippen LogP contribution in [0.3, 0.4) is 0 Å². The first-order valence-electron chi connectivity index (χ1n) is 6.30. The van der Waals surface area contributed by atoms with Gasteiger partial charge in [-0.15, -0.1) is 0 Å². The summed E-state index contributed by atoms with van der Waals surface area (Å²) in [5.74, 6) is 0.852. The van der Waals surface area contributed by atoms with Crippen LogP contribution >= 0.6 is 0 Å². The summed E-state index contributed by atoms with van der Waals surface area (Å²) in [5.41, 5.74) is 1.47. The van der Waals surface area contributed by atoms with E-state index in [1.54, 1.807) is 19.2 Å². The van der Waals surface area contributed by atoms with Crippen molar-refractivity contribution in [2.75, 3.05) is 7.11 Å². The predicted molar refractivity (Wildman–Crippen MR) is 72.7 cm³/mol. The Hall–Kier alpha value is -2.54. The van der Waals surface area contributed by atoms with E-state index in [0.717, 1.165) is 5.56 Å². The molecule has 0 fully saturated rings. The van der Waals surface area contributed by atoms with E-state index in [9.17, 15) is 4.39 Å². The maximum atomic E-state index is 13.4. The van der Waals surface area contributed by atoms with E-state index < -0.39 is 0 Å². The lowest BCUT2D eigenvalue weighted by Gasteiger charge is -2.10. The van der Waals surface area contributed by atoms with E-state index in [0.29, 0.717) is 29.7 Å². The Kier molecular flexibility index (Phi) is 3.49. The highest BCUT2D eigenvalue weighted by atomic mass is 19.1. The Balaban J connectivity index is 2.06. The summed E-state index contributed by atoms with van der Waals surface area (Å²) in [6, 6.07) is 6.06. The number of rotatable bonds is 4. The van der Waals surface area contributed by atoms with Gasteiger partial charge in [0.15, 0.2) is 0 Å². The number of halogens is 1. The summed E-state index contributed by atoms with van der Waals surface area (Å²) in [5, 5.41) is 4.05. The van der Waals surface area contributed by atoms with E-state index in [2.05, 4.69) is 15.1 Å². The molecule has 0 atom stereocenters. The van der Waals surface area contributed by atoms with Gasteiger partial charge in [0.05, 0.1) is 12.3 Å². The van der Waals surface area contributed by atoms with Gasteiger partial charge < -0.3 is 9.47 Å². The molecular weight excluding hydrogens is 275 g/mol. The van der Waals surface area contributed by atoms with E-state index in [4.69, 9.17) is 9.47 Å². The first-order valence-corrected chi connectivity index (χ1v) is 6.30. The van der Waals surface area contributed by atoms with E-state index in [1.807, 2.05) is 6.92 Å². The van der Waals surface area contributed by atoms with Crippen molar-refractivity contribution in [3.05, 3.63) is 47.7 Å². The minimum absolute atomic E-state index is 0.321. The van der Waals surface area contributed by atoms with Gasteiger partial charge in [0, 0.05) is 19.2 Å². The fourth-order valence-electron chi connectivity index (χ4n) is 1.92. The largest absolute Gasteiger partial charge is 0.438 e. The smallest absolute Gasteiger partial charge is 0.255 e. The van der Waals surface area contributed by atoms with Gasteiger partial charge in [0.25, 0.3) is 5.78 Å². The predicted octanol–water partition coefficient (Wildman–Crippen LogP) is 2.51. The second-order valence-corrected chi connectivity index (χ2v) is 4.50. The topological polar surface area (TPSA) is 61.5 Å². The average molecular weight is 288 g/mol. The Morgan fingerprint density at radius 1 is 1.29 bits per heavy atom. The molecule has 2 aromatic heterocycles. The highest BCUT2D eigenvalue weighted by Crippen LogP contribution is 2.26. The van der Waals surface area contributed by atoms with Crippen LogP contribution < -0.4 is 4.74 Å². The maximum Gasteiger partial charge on any atom is 0.255 e. The zero-order valence-electron chi connectivity index (χ0n) is 11.6. The molecule has 0 saturated carbocycles. The standard InChI is InChI=1S/C14H13FN4O2/c1-9-3-4-10(15)5-12(9)21-13-6-11(7-20-2)18-14-16-8-17-19(13)14/h3-6,8H,7H2,1-2H3. The van der Waals surface area contributed by atoms with Gasteiger partial charge in [-0.1, -0.05) is 6.07 Å². The van der Waals surface area contributed by atoms with Gasteiger partial charge in [-0.2, -0.15) is 14.6 Å². The molecular formula is C14H13FN4O2. The van der Waals surface area contributed by atoms with Crippen LogP contribution in [0, 0.1) is 12.7 Å². The van der Waals surface area contributed by atoms with E-state index >= 15 is 0 Å². The van der Waals surface area contributed by atoms with Crippen LogP contribution in [0.4, 0.5) is 4.39 Å². The van der Waals surface area contributed by atoms with Crippen LogP contribution in [0.25, 0.3) is 5.78 Å². The lowest BCUT2D eigenvalue weighted by atomic mass is 10.2. The number of aromatic nitrogens is 4. The molecule has 21 heavy (non-hydrogen) atoms. The van der Waals surface area contributed by atoms with Gasteiger partial charge in [0.1, 0.15) is 17.9 Å². The molecule has 0 saturated heterocycles. The summed E-state index contributed by atoms with van der Waals surface area (Å²) < 4.78 is 25.6. The Morgan fingerprint density at radius 2 is 2.14 bits per heavy atom.